The summed E-state index contributed by atoms with van der Waals surface area (Å²) < 4.78 is 51.6. The van der Waals surface area contributed by atoms with Gasteiger partial charge in [-0.15, -0.1) is 0 Å². The van der Waals surface area contributed by atoms with Crippen molar-refractivity contribution in [2.45, 2.75) is 38.3 Å². The number of rotatable bonds is 3. The highest BCUT2D eigenvalue weighted by atomic mass is 19.4. The second-order valence-electron chi connectivity index (χ2n) is 5.31. The number of alkyl halides is 3. The molecule has 20 heavy (non-hydrogen) atoms. The van der Waals surface area contributed by atoms with Gasteiger partial charge in [-0.05, 0) is 30.5 Å². The third-order valence-corrected chi connectivity index (χ3v) is 3.89. The Bertz CT molecular complexity index is 464. The van der Waals surface area contributed by atoms with Crippen LogP contribution in [0.15, 0.2) is 24.3 Å². The van der Waals surface area contributed by atoms with Crippen LogP contribution >= 0.6 is 0 Å². The largest absolute Gasteiger partial charge is 0.392 e. The van der Waals surface area contributed by atoms with Crippen LogP contribution in [-0.2, 0) is 11.2 Å². The molecule has 0 bridgehead atoms. The molecular weight excluding hydrogens is 272 g/mol. The Hall–Kier alpha value is -1.39. The smallest absolute Gasteiger partial charge is 0.299 e. The molecule has 0 N–H and O–H groups in total. The Labute approximate surface area is 115 Å². The van der Waals surface area contributed by atoms with Crippen molar-refractivity contribution in [3.63, 3.8) is 0 Å². The molecule has 1 fully saturated rings. The van der Waals surface area contributed by atoms with Crippen LogP contribution in [0.5, 0.6) is 0 Å². The van der Waals surface area contributed by atoms with Gasteiger partial charge in [0.1, 0.15) is 11.6 Å². The Balaban J connectivity index is 2.08. The molecule has 0 saturated heterocycles. The monoisotopic (exact) mass is 288 g/mol. The van der Waals surface area contributed by atoms with Gasteiger partial charge < -0.3 is 0 Å². The van der Waals surface area contributed by atoms with E-state index in [2.05, 4.69) is 0 Å². The van der Waals surface area contributed by atoms with Crippen molar-refractivity contribution >= 4 is 5.78 Å². The van der Waals surface area contributed by atoms with Gasteiger partial charge in [-0.1, -0.05) is 25.0 Å². The lowest BCUT2D eigenvalue weighted by atomic mass is 9.75. The highest BCUT2D eigenvalue weighted by Gasteiger charge is 2.47. The molecule has 1 aliphatic rings. The predicted molar refractivity (Wildman–Crippen MR) is 66.6 cm³/mol. The fourth-order valence-corrected chi connectivity index (χ4v) is 2.84. The van der Waals surface area contributed by atoms with E-state index in [4.69, 9.17) is 0 Å². The number of halogens is 4. The van der Waals surface area contributed by atoms with Gasteiger partial charge >= 0.3 is 6.18 Å². The average Bonchev–Trinajstić information content (AvgIpc) is 2.40. The van der Waals surface area contributed by atoms with Crippen LogP contribution < -0.4 is 0 Å². The summed E-state index contributed by atoms with van der Waals surface area (Å²) in [5.74, 6) is -3.29. The van der Waals surface area contributed by atoms with Crippen LogP contribution in [0.3, 0.4) is 0 Å². The molecule has 2 rings (SSSR count). The molecule has 0 aliphatic heterocycles. The van der Waals surface area contributed by atoms with Crippen molar-refractivity contribution in [2.24, 2.45) is 11.8 Å². The summed E-state index contributed by atoms with van der Waals surface area (Å²) in [7, 11) is 0. The Morgan fingerprint density at radius 1 is 1.10 bits per heavy atom. The van der Waals surface area contributed by atoms with Gasteiger partial charge in [0.25, 0.3) is 0 Å². The molecule has 1 saturated carbocycles. The topological polar surface area (TPSA) is 17.1 Å². The number of hydrogen-bond donors (Lipinski definition) is 0. The minimum absolute atomic E-state index is 0.0311. The van der Waals surface area contributed by atoms with E-state index >= 15 is 0 Å². The van der Waals surface area contributed by atoms with Gasteiger partial charge in [0, 0.05) is 12.3 Å². The van der Waals surface area contributed by atoms with E-state index in [0.29, 0.717) is 24.8 Å². The summed E-state index contributed by atoms with van der Waals surface area (Å²) in [6.07, 6.45) is -2.87. The summed E-state index contributed by atoms with van der Waals surface area (Å²) in [5.41, 5.74) is 0.558. The summed E-state index contributed by atoms with van der Waals surface area (Å²) in [4.78, 5) is 12.1. The number of benzene rings is 1. The number of ketones is 1. The quantitative estimate of drug-likeness (QED) is 0.758. The van der Waals surface area contributed by atoms with Crippen LogP contribution in [0, 0.1) is 17.7 Å². The fraction of sp³-hybridized carbons (Fsp3) is 0.533. The average molecular weight is 288 g/mol. The van der Waals surface area contributed by atoms with Gasteiger partial charge in [0.15, 0.2) is 0 Å². The fourth-order valence-electron chi connectivity index (χ4n) is 2.84. The lowest BCUT2D eigenvalue weighted by molar-refractivity contribution is -0.197. The van der Waals surface area contributed by atoms with Crippen molar-refractivity contribution in [1.29, 1.82) is 0 Å². The van der Waals surface area contributed by atoms with Gasteiger partial charge in [0.05, 0.1) is 5.92 Å². The summed E-state index contributed by atoms with van der Waals surface area (Å²) in [6, 6.07) is 5.31. The lowest BCUT2D eigenvalue weighted by Gasteiger charge is -2.32. The molecule has 2 unspecified atom stereocenters. The molecule has 110 valence electrons. The minimum atomic E-state index is -4.32. The third-order valence-electron chi connectivity index (χ3n) is 3.89. The van der Waals surface area contributed by atoms with Gasteiger partial charge in [0.2, 0.25) is 0 Å². The highest BCUT2D eigenvalue weighted by Crippen LogP contribution is 2.42. The third kappa shape index (κ3) is 3.58. The van der Waals surface area contributed by atoms with Crippen molar-refractivity contribution in [2.75, 3.05) is 0 Å². The van der Waals surface area contributed by atoms with Crippen molar-refractivity contribution in [1.82, 2.24) is 0 Å². The number of Topliss-reactive ketones (excluding diaryl/α,β-unsaturated/α-hetero) is 1. The number of carbonyl (C=O) groups excluding carboxylic acids is 1. The predicted octanol–water partition coefficient (Wildman–Crippen LogP) is 4.31. The lowest BCUT2D eigenvalue weighted by Crippen LogP contribution is -2.37. The zero-order chi connectivity index (χ0) is 14.8. The van der Waals surface area contributed by atoms with E-state index in [1.807, 2.05) is 0 Å². The molecule has 0 radical (unpaired) electrons. The standard InChI is InChI=1S/C15H16F4O/c16-11-7-5-10(6-8-11)9-14(20)12-3-1-2-4-13(12)15(17,18)19/h5-8,12-13H,1-4,9H2. The van der Waals surface area contributed by atoms with Crippen LogP contribution in [-0.4, -0.2) is 12.0 Å². The van der Waals surface area contributed by atoms with E-state index in [1.165, 1.54) is 24.3 Å². The summed E-state index contributed by atoms with van der Waals surface area (Å²) >= 11 is 0. The molecule has 0 spiro atoms. The molecule has 1 nitrogen and oxygen atoms in total. The highest BCUT2D eigenvalue weighted by molar-refractivity contribution is 5.83. The van der Waals surface area contributed by atoms with E-state index in [1.54, 1.807) is 0 Å². The molecule has 1 aliphatic carbocycles. The summed E-state index contributed by atoms with van der Waals surface area (Å²) in [5, 5.41) is 0. The van der Waals surface area contributed by atoms with Crippen LogP contribution in [0.1, 0.15) is 31.2 Å². The first-order valence-electron chi connectivity index (χ1n) is 6.72. The number of carbonyl (C=O) groups is 1. The van der Waals surface area contributed by atoms with E-state index < -0.39 is 29.6 Å². The van der Waals surface area contributed by atoms with E-state index in [0.717, 1.165) is 0 Å². The first-order valence-corrected chi connectivity index (χ1v) is 6.72. The van der Waals surface area contributed by atoms with Crippen molar-refractivity contribution < 1.29 is 22.4 Å². The molecule has 0 heterocycles. The Kier molecular flexibility index (Phi) is 4.45. The van der Waals surface area contributed by atoms with Crippen LogP contribution in [0.4, 0.5) is 17.6 Å². The zero-order valence-corrected chi connectivity index (χ0v) is 10.9. The maximum atomic E-state index is 12.9. The second-order valence-corrected chi connectivity index (χ2v) is 5.31. The minimum Gasteiger partial charge on any atom is -0.299 e. The molecule has 0 aromatic heterocycles. The van der Waals surface area contributed by atoms with E-state index in [-0.39, 0.29) is 12.8 Å². The van der Waals surface area contributed by atoms with Gasteiger partial charge in [-0.3, -0.25) is 4.79 Å². The first-order chi connectivity index (χ1) is 9.38. The normalized spacial score (nSPS) is 23.6. The van der Waals surface area contributed by atoms with Gasteiger partial charge in [-0.2, -0.15) is 13.2 Å². The molecule has 1 aromatic carbocycles. The van der Waals surface area contributed by atoms with Gasteiger partial charge in [-0.25, -0.2) is 4.39 Å². The summed E-state index contributed by atoms with van der Waals surface area (Å²) in [6.45, 7) is 0. The SMILES string of the molecule is O=C(Cc1ccc(F)cc1)C1CCCCC1C(F)(F)F. The molecular formula is C15H16F4O. The molecule has 5 heteroatoms. The van der Waals surface area contributed by atoms with Crippen LogP contribution in [0.25, 0.3) is 0 Å². The first kappa shape index (κ1) is 15.0. The molecule has 0 amide bonds. The Morgan fingerprint density at radius 2 is 1.70 bits per heavy atom. The maximum absolute atomic E-state index is 12.9. The molecule has 2 atom stereocenters. The van der Waals surface area contributed by atoms with Crippen molar-refractivity contribution in [3.8, 4) is 0 Å². The molecule has 1 aromatic rings. The van der Waals surface area contributed by atoms with E-state index in [9.17, 15) is 22.4 Å². The van der Waals surface area contributed by atoms with Crippen molar-refractivity contribution in [3.05, 3.63) is 35.6 Å². The van der Waals surface area contributed by atoms with Crippen LogP contribution in [0.2, 0.25) is 0 Å². The zero-order valence-electron chi connectivity index (χ0n) is 10.9. The maximum Gasteiger partial charge on any atom is 0.392 e. The Morgan fingerprint density at radius 3 is 2.30 bits per heavy atom. The second kappa shape index (κ2) is 5.94. The number of hydrogen-bond acceptors (Lipinski definition) is 1.